The van der Waals surface area contributed by atoms with Crippen molar-refractivity contribution in [3.05, 3.63) is 52.1 Å². The summed E-state index contributed by atoms with van der Waals surface area (Å²) in [4.78, 5) is 29.0. The molecule has 2 amide bonds. The molecule has 152 valence electrons. The van der Waals surface area contributed by atoms with Crippen LogP contribution in [0, 0.1) is 13.8 Å². The molecule has 29 heavy (non-hydrogen) atoms. The van der Waals surface area contributed by atoms with Gasteiger partial charge in [0.05, 0.1) is 0 Å². The number of fused-ring (bicyclic) bond motifs is 1. The van der Waals surface area contributed by atoms with Gasteiger partial charge in [0.25, 0.3) is 11.8 Å². The number of rotatable bonds is 4. The molecule has 0 aromatic carbocycles. The number of thiocarbonyl (C=S) groups is 1. The molecule has 0 aromatic rings. The highest BCUT2D eigenvalue weighted by molar-refractivity contribution is 7.80. The van der Waals surface area contributed by atoms with Crippen molar-refractivity contribution < 1.29 is 9.59 Å². The molecule has 0 atom stereocenters. The molecule has 1 fully saturated rings. The van der Waals surface area contributed by atoms with E-state index in [2.05, 4.69) is 52.0 Å². The number of carbonyl (C=O) groups is 2. The van der Waals surface area contributed by atoms with Crippen molar-refractivity contribution in [2.75, 3.05) is 13.1 Å². The maximum Gasteiger partial charge on any atom is 0.265 e. The van der Waals surface area contributed by atoms with E-state index < -0.39 is 0 Å². The first-order valence-electron chi connectivity index (χ1n) is 10.1. The minimum atomic E-state index is -0.319. The van der Waals surface area contributed by atoms with Crippen LogP contribution in [0.25, 0.3) is 17.2 Å². The van der Waals surface area contributed by atoms with Crippen molar-refractivity contribution in [2.45, 2.75) is 47.5 Å². The van der Waals surface area contributed by atoms with Crippen LogP contribution >= 0.6 is 12.2 Å². The summed E-state index contributed by atoms with van der Waals surface area (Å²) in [6.07, 6.45) is 1.75. The number of amides is 2. The first kappa shape index (κ1) is 21.2. The Morgan fingerprint density at radius 3 is 2.07 bits per heavy atom. The van der Waals surface area contributed by atoms with E-state index in [0.29, 0.717) is 19.0 Å². The third-order valence-corrected chi connectivity index (χ3v) is 6.04. The summed E-state index contributed by atoms with van der Waals surface area (Å²) in [6, 6.07) is 8.56. The van der Waals surface area contributed by atoms with Crippen molar-refractivity contribution >= 4 is 35.2 Å². The van der Waals surface area contributed by atoms with Crippen molar-refractivity contribution in [2.24, 2.45) is 0 Å². The fourth-order valence-corrected chi connectivity index (χ4v) is 4.32. The summed E-state index contributed by atoms with van der Waals surface area (Å²) in [5.74, 6) is -0.222. The highest BCUT2D eigenvalue weighted by Gasteiger charge is 2.38. The predicted octanol–water partition coefficient (Wildman–Crippen LogP) is 4.91. The Labute approximate surface area is 178 Å². The van der Waals surface area contributed by atoms with Crippen molar-refractivity contribution in [3.8, 4) is 11.1 Å². The Kier molecular flexibility index (Phi) is 5.90. The summed E-state index contributed by atoms with van der Waals surface area (Å²) >= 11 is 5.36. The third kappa shape index (κ3) is 3.60. The molecule has 0 N–H and O–H groups in total. The van der Waals surface area contributed by atoms with Gasteiger partial charge in [0, 0.05) is 13.1 Å². The molecule has 0 unspecified atom stereocenters. The summed E-state index contributed by atoms with van der Waals surface area (Å²) in [5.41, 5.74) is 6.84. The topological polar surface area (TPSA) is 40.6 Å². The molecule has 0 aromatic heterocycles. The quantitative estimate of drug-likeness (QED) is 0.410. The molecule has 5 heteroatoms. The molecule has 2 aliphatic carbocycles. The molecule has 3 aliphatic rings. The van der Waals surface area contributed by atoms with E-state index in [9.17, 15) is 9.59 Å². The van der Waals surface area contributed by atoms with Crippen LogP contribution in [0.4, 0.5) is 0 Å². The Hall–Kier alpha value is -2.53. The Bertz CT molecular complexity index is 978. The van der Waals surface area contributed by atoms with Crippen LogP contribution in [0.5, 0.6) is 0 Å². The SMILES string of the molecule is CCN1C(=O)C(=Cc2cc(C)c3cc(C(C)C)ccc(C)c2-3)C(=O)N(CC)C1=S. The smallest absolute Gasteiger partial charge is 0.265 e. The van der Waals surface area contributed by atoms with Gasteiger partial charge in [-0.05, 0) is 85.3 Å². The van der Waals surface area contributed by atoms with Gasteiger partial charge >= 0.3 is 0 Å². The molecule has 3 rings (SSSR count). The second kappa shape index (κ2) is 8.07. The lowest BCUT2D eigenvalue weighted by molar-refractivity contribution is -0.133. The second-order valence-electron chi connectivity index (χ2n) is 7.83. The van der Waals surface area contributed by atoms with E-state index >= 15 is 0 Å². The molecule has 4 nitrogen and oxygen atoms in total. The molecule has 1 saturated heterocycles. The highest BCUT2D eigenvalue weighted by Crippen LogP contribution is 2.37. The van der Waals surface area contributed by atoms with Gasteiger partial charge in [0.2, 0.25) is 0 Å². The second-order valence-corrected chi connectivity index (χ2v) is 8.19. The number of carbonyl (C=O) groups excluding carboxylic acids is 2. The first-order chi connectivity index (χ1) is 13.7. The zero-order valence-corrected chi connectivity index (χ0v) is 18.8. The van der Waals surface area contributed by atoms with Crippen LogP contribution < -0.4 is 0 Å². The van der Waals surface area contributed by atoms with Crippen LogP contribution in [0.3, 0.4) is 0 Å². The largest absolute Gasteiger partial charge is 0.285 e. The highest BCUT2D eigenvalue weighted by atomic mass is 32.1. The molecule has 0 bridgehead atoms. The van der Waals surface area contributed by atoms with Crippen LogP contribution in [-0.4, -0.2) is 39.8 Å². The van der Waals surface area contributed by atoms with Crippen LogP contribution in [0.2, 0.25) is 0 Å². The van der Waals surface area contributed by atoms with Gasteiger partial charge < -0.3 is 0 Å². The number of aryl methyl sites for hydroxylation is 2. The van der Waals surface area contributed by atoms with Gasteiger partial charge in [-0.1, -0.05) is 38.1 Å². The lowest BCUT2D eigenvalue weighted by Crippen LogP contribution is -2.55. The minimum Gasteiger partial charge on any atom is -0.285 e. The third-order valence-electron chi connectivity index (χ3n) is 5.60. The summed E-state index contributed by atoms with van der Waals surface area (Å²) in [5, 5.41) is 0.287. The lowest BCUT2D eigenvalue weighted by Gasteiger charge is -2.35. The number of hydrogen-bond donors (Lipinski definition) is 0. The summed E-state index contributed by atoms with van der Waals surface area (Å²) < 4.78 is 0. The fraction of sp³-hybridized carbons (Fsp3) is 0.375. The summed E-state index contributed by atoms with van der Waals surface area (Å²) in [7, 11) is 0. The molecular weight excluding hydrogens is 380 g/mol. The monoisotopic (exact) mass is 408 g/mol. The minimum absolute atomic E-state index is 0.171. The zero-order chi connectivity index (χ0) is 21.5. The molecule has 1 aliphatic heterocycles. The molecule has 0 radical (unpaired) electrons. The Balaban J connectivity index is 2.19. The predicted molar refractivity (Wildman–Crippen MR) is 122 cm³/mol. The fourth-order valence-electron chi connectivity index (χ4n) is 3.89. The summed E-state index contributed by atoms with van der Waals surface area (Å²) in [6.45, 7) is 13.1. The van der Waals surface area contributed by atoms with E-state index in [0.717, 1.165) is 27.8 Å². The maximum atomic E-state index is 13.0. The maximum absolute atomic E-state index is 13.0. The number of likely N-dealkylation sites (N-methyl/N-ethyl adjacent to an activating group) is 2. The van der Waals surface area contributed by atoms with Gasteiger partial charge in [0.1, 0.15) is 5.57 Å². The van der Waals surface area contributed by atoms with Crippen molar-refractivity contribution in [1.29, 1.82) is 0 Å². The van der Waals surface area contributed by atoms with Gasteiger partial charge in [-0.25, -0.2) is 0 Å². The van der Waals surface area contributed by atoms with Crippen LogP contribution in [0.15, 0.2) is 29.8 Å². The van der Waals surface area contributed by atoms with Gasteiger partial charge in [0.15, 0.2) is 5.11 Å². The standard InChI is InChI=1S/C24H28N2O2S/c1-7-25-22(27)20(23(28)26(8-2)24(25)29)13-18-11-16(6)19-12-17(14(3)4)10-9-15(5)21(18)19/h9-14H,7-8H2,1-6H3. The molecule has 1 heterocycles. The van der Waals surface area contributed by atoms with Crippen LogP contribution in [0.1, 0.15) is 55.9 Å². The average molecular weight is 409 g/mol. The average Bonchev–Trinajstić information content (AvgIpc) is 2.85. The molecule has 0 saturated carbocycles. The van der Waals surface area contributed by atoms with E-state index in [1.54, 1.807) is 6.08 Å². The van der Waals surface area contributed by atoms with E-state index in [-0.39, 0.29) is 22.5 Å². The Morgan fingerprint density at radius 2 is 1.55 bits per heavy atom. The number of nitrogens with zero attached hydrogens (tertiary/aromatic N) is 2. The van der Waals surface area contributed by atoms with Gasteiger partial charge in [-0.15, -0.1) is 0 Å². The molecule has 0 spiro atoms. The lowest BCUT2D eigenvalue weighted by atomic mass is 9.99. The first-order valence-corrected chi connectivity index (χ1v) is 10.5. The van der Waals surface area contributed by atoms with E-state index in [1.807, 2.05) is 13.8 Å². The van der Waals surface area contributed by atoms with E-state index in [1.165, 1.54) is 15.4 Å². The van der Waals surface area contributed by atoms with Gasteiger partial charge in [-0.3, -0.25) is 19.4 Å². The van der Waals surface area contributed by atoms with E-state index in [4.69, 9.17) is 12.2 Å². The molecular formula is C24H28N2O2S. The van der Waals surface area contributed by atoms with Crippen LogP contribution in [-0.2, 0) is 9.59 Å². The Morgan fingerprint density at radius 1 is 0.966 bits per heavy atom. The van der Waals surface area contributed by atoms with Crippen molar-refractivity contribution in [1.82, 2.24) is 9.80 Å². The van der Waals surface area contributed by atoms with Crippen molar-refractivity contribution in [3.63, 3.8) is 0 Å². The zero-order valence-electron chi connectivity index (χ0n) is 18.0. The number of hydrogen-bond acceptors (Lipinski definition) is 3. The van der Waals surface area contributed by atoms with Gasteiger partial charge in [-0.2, -0.15) is 0 Å². The normalized spacial score (nSPS) is 15.1.